The fourth-order valence-corrected chi connectivity index (χ4v) is 1.94. The zero-order valence-corrected chi connectivity index (χ0v) is 10.2. The Kier molecular flexibility index (Phi) is 5.73. The first-order valence-electron chi connectivity index (χ1n) is 5.87. The average molecular weight is 229 g/mol. The molecular formula is C11H23N3O2. The number of nitrogens with zero attached hydrogens (tertiary/aromatic N) is 1. The van der Waals surface area contributed by atoms with Gasteiger partial charge in [0.2, 0.25) is 5.91 Å². The van der Waals surface area contributed by atoms with Crippen molar-refractivity contribution in [3.63, 3.8) is 0 Å². The molecule has 1 saturated heterocycles. The van der Waals surface area contributed by atoms with Crippen LogP contribution in [0.15, 0.2) is 0 Å². The topological polar surface area (TPSA) is 67.6 Å². The van der Waals surface area contributed by atoms with E-state index in [4.69, 9.17) is 10.5 Å². The highest BCUT2D eigenvalue weighted by molar-refractivity contribution is 5.81. The quantitative estimate of drug-likeness (QED) is 0.606. The first kappa shape index (κ1) is 13.4. The molecule has 0 radical (unpaired) electrons. The number of nitrogens with two attached hydrogens (primary N) is 1. The Morgan fingerprint density at radius 2 is 2.44 bits per heavy atom. The highest BCUT2D eigenvalue weighted by Gasteiger charge is 2.23. The monoisotopic (exact) mass is 229 g/mol. The van der Waals surface area contributed by atoms with E-state index in [-0.39, 0.29) is 11.9 Å². The van der Waals surface area contributed by atoms with E-state index in [1.807, 2.05) is 0 Å². The minimum Gasteiger partial charge on any atom is -0.385 e. The third kappa shape index (κ3) is 4.47. The Morgan fingerprint density at radius 1 is 1.69 bits per heavy atom. The number of carbonyl (C=O) groups is 1. The molecule has 0 aliphatic carbocycles. The summed E-state index contributed by atoms with van der Waals surface area (Å²) in [5.74, 6) is -0.0311. The second-order valence-corrected chi connectivity index (χ2v) is 4.50. The maximum atomic E-state index is 11.7. The molecular weight excluding hydrogens is 206 g/mol. The van der Waals surface area contributed by atoms with Crippen molar-refractivity contribution in [3.05, 3.63) is 0 Å². The van der Waals surface area contributed by atoms with Crippen molar-refractivity contribution in [2.75, 3.05) is 33.9 Å². The Labute approximate surface area is 97.3 Å². The molecule has 1 aliphatic heterocycles. The van der Waals surface area contributed by atoms with Gasteiger partial charge in [-0.3, -0.25) is 4.79 Å². The van der Waals surface area contributed by atoms with Gasteiger partial charge < -0.3 is 20.7 Å². The second-order valence-electron chi connectivity index (χ2n) is 4.50. The zero-order chi connectivity index (χ0) is 12.0. The van der Waals surface area contributed by atoms with Crippen LogP contribution in [0.5, 0.6) is 0 Å². The average Bonchev–Trinajstić information content (AvgIpc) is 2.64. The van der Waals surface area contributed by atoms with Crippen LogP contribution in [-0.2, 0) is 9.53 Å². The van der Waals surface area contributed by atoms with E-state index in [0.29, 0.717) is 13.0 Å². The van der Waals surface area contributed by atoms with E-state index in [1.54, 1.807) is 7.11 Å². The van der Waals surface area contributed by atoms with Crippen LogP contribution >= 0.6 is 0 Å². The molecule has 2 atom stereocenters. The Morgan fingerprint density at radius 3 is 3.00 bits per heavy atom. The lowest BCUT2D eigenvalue weighted by molar-refractivity contribution is -0.123. The Bertz CT molecular complexity index is 223. The maximum absolute atomic E-state index is 11.7. The third-order valence-corrected chi connectivity index (χ3v) is 2.94. The molecule has 5 nitrogen and oxygen atoms in total. The molecule has 0 aromatic carbocycles. The number of likely N-dealkylation sites (tertiary alicyclic amines) is 1. The van der Waals surface area contributed by atoms with Crippen LogP contribution in [0.4, 0.5) is 0 Å². The number of nitrogens with one attached hydrogen (secondary N) is 1. The maximum Gasteiger partial charge on any atom is 0.237 e. The number of methoxy groups -OCH3 is 1. The Hall–Kier alpha value is -0.650. The summed E-state index contributed by atoms with van der Waals surface area (Å²) in [5.41, 5.74) is 5.79. The molecule has 2 unspecified atom stereocenters. The molecule has 1 amide bonds. The van der Waals surface area contributed by atoms with E-state index in [1.165, 1.54) is 0 Å². The van der Waals surface area contributed by atoms with Crippen molar-refractivity contribution >= 4 is 5.91 Å². The lowest BCUT2D eigenvalue weighted by Gasteiger charge is -2.16. The summed E-state index contributed by atoms with van der Waals surface area (Å²) in [5, 5.41) is 2.99. The normalized spacial score (nSPS) is 23.3. The van der Waals surface area contributed by atoms with E-state index in [9.17, 15) is 4.79 Å². The molecule has 1 fully saturated rings. The van der Waals surface area contributed by atoms with Gasteiger partial charge in [0.25, 0.3) is 0 Å². The predicted molar refractivity (Wildman–Crippen MR) is 63.1 cm³/mol. The van der Waals surface area contributed by atoms with Crippen LogP contribution in [0.1, 0.15) is 19.3 Å². The molecule has 94 valence electrons. The SMILES string of the molecule is COCCCC(N)C(=O)NC1CCN(C)C1. The molecule has 1 heterocycles. The predicted octanol–water partition coefficient (Wildman–Crippen LogP) is -0.439. The van der Waals surface area contributed by atoms with E-state index in [0.717, 1.165) is 25.9 Å². The van der Waals surface area contributed by atoms with Gasteiger partial charge in [-0.2, -0.15) is 0 Å². The molecule has 16 heavy (non-hydrogen) atoms. The van der Waals surface area contributed by atoms with Gasteiger partial charge in [-0.15, -0.1) is 0 Å². The number of ether oxygens (including phenoxy) is 1. The smallest absolute Gasteiger partial charge is 0.237 e. The van der Waals surface area contributed by atoms with Crippen LogP contribution in [0.25, 0.3) is 0 Å². The standard InChI is InChI=1S/C11H23N3O2/c1-14-6-5-9(8-14)13-11(15)10(12)4-3-7-16-2/h9-10H,3-8,12H2,1-2H3,(H,13,15). The lowest BCUT2D eigenvalue weighted by Crippen LogP contribution is -2.46. The molecule has 0 spiro atoms. The van der Waals surface area contributed by atoms with Crippen LogP contribution in [0, 0.1) is 0 Å². The fourth-order valence-electron chi connectivity index (χ4n) is 1.94. The van der Waals surface area contributed by atoms with Gasteiger partial charge in [-0.05, 0) is 32.9 Å². The van der Waals surface area contributed by atoms with Crippen molar-refractivity contribution in [1.82, 2.24) is 10.2 Å². The molecule has 0 saturated carbocycles. The van der Waals surface area contributed by atoms with Crippen LogP contribution in [0.3, 0.4) is 0 Å². The second kappa shape index (κ2) is 6.83. The van der Waals surface area contributed by atoms with Gasteiger partial charge in [-0.1, -0.05) is 0 Å². The van der Waals surface area contributed by atoms with Crippen molar-refractivity contribution in [2.24, 2.45) is 5.73 Å². The number of likely N-dealkylation sites (N-methyl/N-ethyl adjacent to an activating group) is 1. The first-order valence-corrected chi connectivity index (χ1v) is 5.87. The van der Waals surface area contributed by atoms with Gasteiger partial charge in [-0.25, -0.2) is 0 Å². The van der Waals surface area contributed by atoms with Gasteiger partial charge in [0.1, 0.15) is 0 Å². The van der Waals surface area contributed by atoms with Gasteiger partial charge in [0, 0.05) is 26.3 Å². The molecule has 0 aromatic rings. The third-order valence-electron chi connectivity index (χ3n) is 2.94. The van der Waals surface area contributed by atoms with Crippen molar-refractivity contribution in [2.45, 2.75) is 31.3 Å². The lowest BCUT2D eigenvalue weighted by atomic mass is 10.1. The van der Waals surface area contributed by atoms with Crippen LogP contribution in [0.2, 0.25) is 0 Å². The fraction of sp³-hybridized carbons (Fsp3) is 0.909. The van der Waals surface area contributed by atoms with Crippen LogP contribution < -0.4 is 11.1 Å². The summed E-state index contributed by atoms with van der Waals surface area (Å²) in [6.45, 7) is 2.63. The summed E-state index contributed by atoms with van der Waals surface area (Å²) in [4.78, 5) is 13.9. The highest BCUT2D eigenvalue weighted by atomic mass is 16.5. The van der Waals surface area contributed by atoms with E-state index >= 15 is 0 Å². The molecule has 1 rings (SSSR count). The van der Waals surface area contributed by atoms with E-state index < -0.39 is 6.04 Å². The number of hydrogen-bond donors (Lipinski definition) is 2. The highest BCUT2D eigenvalue weighted by Crippen LogP contribution is 2.06. The number of rotatable bonds is 6. The summed E-state index contributed by atoms with van der Waals surface area (Å²) in [6, 6.07) is -0.132. The molecule has 5 heteroatoms. The molecule has 1 aliphatic rings. The molecule has 0 aromatic heterocycles. The number of carbonyl (C=O) groups excluding carboxylic acids is 1. The van der Waals surface area contributed by atoms with Crippen molar-refractivity contribution in [3.8, 4) is 0 Å². The van der Waals surface area contributed by atoms with Gasteiger partial charge in [0.15, 0.2) is 0 Å². The molecule has 0 bridgehead atoms. The van der Waals surface area contributed by atoms with Crippen molar-refractivity contribution < 1.29 is 9.53 Å². The summed E-state index contributed by atoms with van der Waals surface area (Å²) >= 11 is 0. The minimum absolute atomic E-state index is 0.0311. The van der Waals surface area contributed by atoms with E-state index in [2.05, 4.69) is 17.3 Å². The Balaban J connectivity index is 2.18. The van der Waals surface area contributed by atoms with Gasteiger partial charge >= 0.3 is 0 Å². The largest absolute Gasteiger partial charge is 0.385 e. The summed E-state index contributed by atoms with van der Waals surface area (Å²) in [6.07, 6.45) is 2.53. The van der Waals surface area contributed by atoms with Gasteiger partial charge in [0.05, 0.1) is 6.04 Å². The first-order chi connectivity index (χ1) is 7.63. The number of hydrogen-bond acceptors (Lipinski definition) is 4. The number of amides is 1. The summed E-state index contributed by atoms with van der Waals surface area (Å²) in [7, 11) is 3.71. The zero-order valence-electron chi connectivity index (χ0n) is 10.2. The summed E-state index contributed by atoms with van der Waals surface area (Å²) < 4.78 is 4.93. The van der Waals surface area contributed by atoms with Crippen LogP contribution in [-0.4, -0.2) is 56.7 Å². The minimum atomic E-state index is -0.402. The van der Waals surface area contributed by atoms with Crippen molar-refractivity contribution in [1.29, 1.82) is 0 Å². The molecule has 3 N–H and O–H groups in total.